The zero-order valence-electron chi connectivity index (χ0n) is 12.2. The molecule has 10 heteroatoms. The molecule has 0 radical (unpaired) electrons. The number of hydrogen-bond donors (Lipinski definition) is 0. The number of alkyl halides is 3. The number of methoxy groups -OCH3 is 1. The van der Waals surface area contributed by atoms with Crippen molar-refractivity contribution in [1.29, 1.82) is 0 Å². The average Bonchev–Trinajstić information content (AvgIpc) is 3.01. The first-order valence-corrected chi connectivity index (χ1v) is 7.01. The maximum atomic E-state index is 13.0. The number of piperidine rings is 1. The fraction of sp³-hybridized carbons (Fsp3) is 0.538. The molecule has 2 aromatic rings. The number of hydrogen-bond acceptors (Lipinski definition) is 6. The molecule has 3 rings (SSSR count). The molecule has 1 atom stereocenters. The van der Waals surface area contributed by atoms with Crippen LogP contribution in [0.15, 0.2) is 12.4 Å². The summed E-state index contributed by atoms with van der Waals surface area (Å²) in [5.41, 5.74) is -1.03. The predicted molar refractivity (Wildman–Crippen MR) is 72.7 cm³/mol. The van der Waals surface area contributed by atoms with Crippen molar-refractivity contribution in [2.45, 2.75) is 19.0 Å². The molecule has 1 fully saturated rings. The van der Waals surface area contributed by atoms with E-state index in [4.69, 9.17) is 4.74 Å². The van der Waals surface area contributed by atoms with Crippen LogP contribution < -0.4 is 4.90 Å². The van der Waals surface area contributed by atoms with Gasteiger partial charge in [-0.25, -0.2) is 4.98 Å². The number of esters is 1. The van der Waals surface area contributed by atoms with E-state index in [9.17, 15) is 18.0 Å². The van der Waals surface area contributed by atoms with Gasteiger partial charge in [0.25, 0.3) is 5.78 Å². The van der Waals surface area contributed by atoms with Gasteiger partial charge in [-0.05, 0) is 12.8 Å². The van der Waals surface area contributed by atoms with Gasteiger partial charge in [0.1, 0.15) is 12.1 Å². The molecule has 0 unspecified atom stereocenters. The van der Waals surface area contributed by atoms with E-state index in [1.165, 1.54) is 11.6 Å². The second kappa shape index (κ2) is 5.67. The zero-order chi connectivity index (χ0) is 16.6. The Morgan fingerprint density at radius 2 is 2.22 bits per heavy atom. The van der Waals surface area contributed by atoms with Crippen LogP contribution in [-0.4, -0.2) is 45.8 Å². The van der Waals surface area contributed by atoms with Crippen molar-refractivity contribution in [2.24, 2.45) is 5.92 Å². The Hall–Kier alpha value is -2.39. The summed E-state index contributed by atoms with van der Waals surface area (Å²) < 4.78 is 45.0. The number of carbonyl (C=O) groups is 1. The monoisotopic (exact) mass is 329 g/mol. The molecule has 23 heavy (non-hydrogen) atoms. The van der Waals surface area contributed by atoms with Gasteiger partial charge >= 0.3 is 12.1 Å². The van der Waals surface area contributed by atoms with Crippen molar-refractivity contribution in [2.75, 3.05) is 25.1 Å². The van der Waals surface area contributed by atoms with Crippen LogP contribution in [0.4, 0.5) is 19.0 Å². The quantitative estimate of drug-likeness (QED) is 0.778. The topological polar surface area (TPSA) is 72.6 Å². The van der Waals surface area contributed by atoms with Crippen molar-refractivity contribution in [3.63, 3.8) is 0 Å². The molecule has 0 bridgehead atoms. The summed E-state index contributed by atoms with van der Waals surface area (Å²) in [6, 6.07) is 0.932. The van der Waals surface area contributed by atoms with E-state index in [0.717, 1.165) is 12.4 Å². The molecule has 0 N–H and O–H groups in total. The van der Waals surface area contributed by atoms with E-state index in [-0.39, 0.29) is 30.0 Å². The second-order valence-corrected chi connectivity index (χ2v) is 5.28. The predicted octanol–water partition coefficient (Wildman–Crippen LogP) is 1.53. The van der Waals surface area contributed by atoms with Gasteiger partial charge in [-0.3, -0.25) is 4.79 Å². The van der Waals surface area contributed by atoms with Crippen molar-refractivity contribution < 1.29 is 22.7 Å². The summed E-state index contributed by atoms with van der Waals surface area (Å²) in [5, 5.41) is 3.92. The molecule has 3 heterocycles. The van der Waals surface area contributed by atoms with Gasteiger partial charge < -0.3 is 9.64 Å². The minimum atomic E-state index is -4.58. The number of ether oxygens (including phenoxy) is 1. The number of nitrogens with zero attached hydrogens (tertiary/aromatic N) is 5. The van der Waals surface area contributed by atoms with Gasteiger partial charge in [0.05, 0.1) is 13.0 Å². The normalized spacial score (nSPS) is 19.1. The minimum absolute atomic E-state index is 0.130. The van der Waals surface area contributed by atoms with Gasteiger partial charge in [-0.1, -0.05) is 0 Å². The first-order valence-electron chi connectivity index (χ1n) is 7.01. The molecule has 0 spiro atoms. The lowest BCUT2D eigenvalue weighted by Gasteiger charge is -2.33. The lowest BCUT2D eigenvalue weighted by molar-refractivity contribution is -0.145. The van der Waals surface area contributed by atoms with Crippen LogP contribution in [0.25, 0.3) is 5.78 Å². The highest BCUT2D eigenvalue weighted by Gasteiger charge is 2.35. The highest BCUT2D eigenvalue weighted by molar-refractivity contribution is 5.73. The van der Waals surface area contributed by atoms with Gasteiger partial charge in [-0.2, -0.15) is 27.8 Å². The second-order valence-electron chi connectivity index (χ2n) is 5.28. The van der Waals surface area contributed by atoms with Gasteiger partial charge in [0.15, 0.2) is 5.69 Å². The number of halogens is 3. The van der Waals surface area contributed by atoms with E-state index in [1.54, 1.807) is 4.90 Å². The van der Waals surface area contributed by atoms with Crippen LogP contribution in [0.3, 0.4) is 0 Å². The molecule has 0 aliphatic carbocycles. The molecular formula is C13H14F3N5O2. The lowest BCUT2D eigenvalue weighted by atomic mass is 9.98. The van der Waals surface area contributed by atoms with Crippen LogP contribution in [0, 0.1) is 5.92 Å². The number of aromatic nitrogens is 4. The van der Waals surface area contributed by atoms with Gasteiger partial charge in [0, 0.05) is 19.2 Å². The van der Waals surface area contributed by atoms with Crippen LogP contribution in [0.1, 0.15) is 18.5 Å². The fourth-order valence-corrected chi connectivity index (χ4v) is 2.71. The number of anilines is 1. The van der Waals surface area contributed by atoms with E-state index >= 15 is 0 Å². The molecule has 1 aliphatic rings. The molecule has 1 aliphatic heterocycles. The number of fused-ring (bicyclic) bond motifs is 1. The Labute approximate surface area is 129 Å². The molecule has 2 aromatic heterocycles. The van der Waals surface area contributed by atoms with E-state index in [1.807, 2.05) is 0 Å². The highest BCUT2D eigenvalue weighted by Crippen LogP contribution is 2.32. The smallest absolute Gasteiger partial charge is 0.433 e. The van der Waals surface area contributed by atoms with Crippen molar-refractivity contribution in [3.8, 4) is 0 Å². The van der Waals surface area contributed by atoms with Crippen LogP contribution >= 0.6 is 0 Å². The summed E-state index contributed by atoms with van der Waals surface area (Å²) in [5.74, 6) is -0.659. The SMILES string of the molecule is COC(=O)[C@H]1CCCN(c2cc(C(F)(F)F)nc3ncnn23)C1. The Bertz CT molecular complexity index is 730. The molecule has 124 valence electrons. The lowest BCUT2D eigenvalue weighted by Crippen LogP contribution is -2.40. The van der Waals surface area contributed by atoms with E-state index in [2.05, 4.69) is 15.1 Å². The van der Waals surface area contributed by atoms with Crippen LogP contribution in [-0.2, 0) is 15.7 Å². The molecule has 1 saturated heterocycles. The average molecular weight is 329 g/mol. The third-order valence-corrected chi connectivity index (χ3v) is 3.80. The molecule has 0 saturated carbocycles. The Morgan fingerprint density at radius 3 is 2.91 bits per heavy atom. The Balaban J connectivity index is 2.01. The fourth-order valence-electron chi connectivity index (χ4n) is 2.71. The first-order chi connectivity index (χ1) is 10.9. The third kappa shape index (κ3) is 2.92. The number of rotatable bonds is 2. The summed E-state index contributed by atoms with van der Waals surface area (Å²) in [6.07, 6.45) is -2.13. The largest absolute Gasteiger partial charge is 0.469 e. The molecule has 0 aromatic carbocycles. The van der Waals surface area contributed by atoms with Crippen molar-refractivity contribution in [3.05, 3.63) is 18.1 Å². The summed E-state index contributed by atoms with van der Waals surface area (Å²) in [6.45, 7) is 0.784. The van der Waals surface area contributed by atoms with E-state index < -0.39 is 11.9 Å². The maximum Gasteiger partial charge on any atom is 0.433 e. The van der Waals surface area contributed by atoms with Crippen LogP contribution in [0.2, 0.25) is 0 Å². The summed E-state index contributed by atoms with van der Waals surface area (Å²) in [7, 11) is 1.30. The zero-order valence-corrected chi connectivity index (χ0v) is 12.2. The maximum absolute atomic E-state index is 13.0. The third-order valence-electron chi connectivity index (χ3n) is 3.80. The Kier molecular flexibility index (Phi) is 3.82. The Morgan fingerprint density at radius 1 is 1.43 bits per heavy atom. The minimum Gasteiger partial charge on any atom is -0.469 e. The highest BCUT2D eigenvalue weighted by atomic mass is 19.4. The first kappa shape index (κ1) is 15.5. The molecule has 0 amide bonds. The molecule has 7 nitrogen and oxygen atoms in total. The number of carbonyl (C=O) groups excluding carboxylic acids is 1. The van der Waals surface area contributed by atoms with Gasteiger partial charge in [0.2, 0.25) is 0 Å². The molecular weight excluding hydrogens is 315 g/mol. The van der Waals surface area contributed by atoms with Crippen LogP contribution in [0.5, 0.6) is 0 Å². The van der Waals surface area contributed by atoms with Crippen molar-refractivity contribution >= 4 is 17.6 Å². The van der Waals surface area contributed by atoms with E-state index in [0.29, 0.717) is 19.4 Å². The summed E-state index contributed by atoms with van der Waals surface area (Å²) in [4.78, 5) is 20.6. The van der Waals surface area contributed by atoms with Gasteiger partial charge in [-0.15, -0.1) is 0 Å². The summed E-state index contributed by atoms with van der Waals surface area (Å²) >= 11 is 0. The standard InChI is InChI=1S/C13H14F3N5O2/c1-23-11(22)8-3-2-4-20(6-8)10-5-9(13(14,15)16)19-12-17-7-18-21(10)12/h5,7-8H,2-4,6H2,1H3/t8-/m0/s1. The van der Waals surface area contributed by atoms with Crippen molar-refractivity contribution in [1.82, 2.24) is 19.6 Å².